The fourth-order valence-corrected chi connectivity index (χ4v) is 2.84. The molecule has 0 N–H and O–H groups in total. The van der Waals surface area contributed by atoms with Crippen molar-refractivity contribution in [2.45, 2.75) is 13.1 Å². The summed E-state index contributed by atoms with van der Waals surface area (Å²) in [4.78, 5) is 12.3. The Kier molecular flexibility index (Phi) is 4.59. The number of carbonyl (C=O) groups is 1. The lowest BCUT2D eigenvalue weighted by molar-refractivity contribution is -0.142. The van der Waals surface area contributed by atoms with E-state index < -0.39 is 23.4 Å². The summed E-state index contributed by atoms with van der Waals surface area (Å²) < 4.78 is 47.2. The molecule has 0 bridgehead atoms. The SMILES string of the molecule is COC(=O)c1c(-c2ccc(C)cc2)cn(-c2ccccc2)c1C(F)(F)F. The largest absolute Gasteiger partial charge is 0.465 e. The molecule has 26 heavy (non-hydrogen) atoms. The Morgan fingerprint density at radius 3 is 2.15 bits per heavy atom. The van der Waals surface area contributed by atoms with Crippen molar-refractivity contribution in [3.8, 4) is 16.8 Å². The van der Waals surface area contributed by atoms with Crippen LogP contribution in [0.5, 0.6) is 0 Å². The van der Waals surface area contributed by atoms with Crippen LogP contribution in [0.3, 0.4) is 0 Å². The molecule has 1 heterocycles. The Labute approximate surface area is 148 Å². The van der Waals surface area contributed by atoms with E-state index in [0.717, 1.165) is 17.2 Å². The number of para-hydroxylation sites is 1. The van der Waals surface area contributed by atoms with Gasteiger partial charge in [0.05, 0.1) is 12.7 Å². The van der Waals surface area contributed by atoms with E-state index in [1.165, 1.54) is 6.20 Å². The molecule has 0 amide bonds. The van der Waals surface area contributed by atoms with Gasteiger partial charge in [0.15, 0.2) is 0 Å². The Morgan fingerprint density at radius 1 is 1.00 bits per heavy atom. The molecule has 0 atom stereocenters. The molecule has 134 valence electrons. The standard InChI is InChI=1S/C20H16F3NO2/c1-13-8-10-14(11-9-13)16-12-24(15-6-4-3-5-7-15)18(20(21,22)23)17(16)19(25)26-2/h3-12H,1-2H3. The number of methoxy groups -OCH3 is 1. The number of carbonyl (C=O) groups excluding carboxylic acids is 1. The monoisotopic (exact) mass is 359 g/mol. The minimum Gasteiger partial charge on any atom is -0.465 e. The number of halogens is 3. The summed E-state index contributed by atoms with van der Waals surface area (Å²) in [5.74, 6) is -1.03. The highest BCUT2D eigenvalue weighted by atomic mass is 19.4. The van der Waals surface area contributed by atoms with Crippen molar-refractivity contribution >= 4 is 5.97 Å². The molecule has 0 spiro atoms. The molecule has 0 saturated heterocycles. The molecular formula is C20H16F3NO2. The molecule has 3 nitrogen and oxygen atoms in total. The molecule has 0 radical (unpaired) electrons. The number of esters is 1. The Hall–Kier alpha value is -3.02. The van der Waals surface area contributed by atoms with Crippen molar-refractivity contribution in [2.75, 3.05) is 7.11 Å². The minimum atomic E-state index is -4.73. The van der Waals surface area contributed by atoms with E-state index in [2.05, 4.69) is 4.74 Å². The molecule has 0 aliphatic rings. The first-order valence-electron chi connectivity index (χ1n) is 7.86. The summed E-state index contributed by atoms with van der Waals surface area (Å²) in [6.45, 7) is 1.88. The molecule has 0 saturated carbocycles. The minimum absolute atomic E-state index is 0.174. The van der Waals surface area contributed by atoms with Crippen LogP contribution in [-0.4, -0.2) is 17.6 Å². The molecule has 6 heteroatoms. The van der Waals surface area contributed by atoms with Crippen molar-refractivity contribution in [1.29, 1.82) is 0 Å². The van der Waals surface area contributed by atoms with E-state index >= 15 is 0 Å². The highest BCUT2D eigenvalue weighted by Gasteiger charge is 2.42. The normalized spacial score (nSPS) is 11.4. The Balaban J connectivity index is 2.36. The summed E-state index contributed by atoms with van der Waals surface area (Å²) >= 11 is 0. The predicted molar refractivity (Wildman–Crippen MR) is 92.3 cm³/mol. The maximum Gasteiger partial charge on any atom is 0.432 e. The van der Waals surface area contributed by atoms with E-state index in [1.54, 1.807) is 54.6 Å². The fraction of sp³-hybridized carbons (Fsp3) is 0.150. The maximum atomic E-state index is 13.9. The molecule has 0 unspecified atom stereocenters. The van der Waals surface area contributed by atoms with Gasteiger partial charge in [0.2, 0.25) is 0 Å². The zero-order valence-electron chi connectivity index (χ0n) is 14.2. The number of nitrogens with zero attached hydrogens (tertiary/aromatic N) is 1. The first kappa shape index (κ1) is 17.8. The Morgan fingerprint density at radius 2 is 1.62 bits per heavy atom. The van der Waals surface area contributed by atoms with E-state index in [1.807, 2.05) is 6.92 Å². The molecule has 0 aliphatic heterocycles. The summed E-state index contributed by atoms with van der Waals surface area (Å²) in [7, 11) is 1.07. The van der Waals surface area contributed by atoms with Gasteiger partial charge in [0.1, 0.15) is 5.69 Å². The van der Waals surface area contributed by atoms with Crippen LogP contribution in [0.1, 0.15) is 21.6 Å². The molecule has 0 fully saturated rings. The first-order chi connectivity index (χ1) is 12.3. The second-order valence-corrected chi connectivity index (χ2v) is 5.83. The van der Waals surface area contributed by atoms with Gasteiger partial charge in [-0.25, -0.2) is 4.79 Å². The van der Waals surface area contributed by atoms with Crippen LogP contribution in [0.2, 0.25) is 0 Å². The van der Waals surface area contributed by atoms with E-state index in [9.17, 15) is 18.0 Å². The third kappa shape index (κ3) is 3.22. The molecule has 1 aromatic heterocycles. The highest BCUT2D eigenvalue weighted by Crippen LogP contribution is 2.40. The smallest absolute Gasteiger partial charge is 0.432 e. The van der Waals surface area contributed by atoms with Crippen molar-refractivity contribution in [2.24, 2.45) is 0 Å². The second-order valence-electron chi connectivity index (χ2n) is 5.83. The quantitative estimate of drug-likeness (QED) is 0.598. The first-order valence-corrected chi connectivity index (χ1v) is 7.86. The van der Waals surface area contributed by atoms with Gasteiger partial charge in [0, 0.05) is 17.4 Å². The van der Waals surface area contributed by atoms with Crippen LogP contribution < -0.4 is 0 Å². The zero-order chi connectivity index (χ0) is 18.9. The number of ether oxygens (including phenoxy) is 1. The summed E-state index contributed by atoms with van der Waals surface area (Å²) in [5.41, 5.74) is 0.415. The van der Waals surface area contributed by atoms with Gasteiger partial charge in [-0.3, -0.25) is 0 Å². The van der Waals surface area contributed by atoms with Crippen LogP contribution in [0.15, 0.2) is 60.8 Å². The van der Waals surface area contributed by atoms with Crippen molar-refractivity contribution in [1.82, 2.24) is 4.57 Å². The molecule has 0 aliphatic carbocycles. The van der Waals surface area contributed by atoms with Gasteiger partial charge in [-0.2, -0.15) is 13.2 Å². The number of hydrogen-bond donors (Lipinski definition) is 0. The van der Waals surface area contributed by atoms with Crippen LogP contribution in [-0.2, 0) is 10.9 Å². The molecule has 2 aromatic carbocycles. The topological polar surface area (TPSA) is 31.2 Å². The molecule has 3 rings (SSSR count). The number of aromatic nitrogens is 1. The van der Waals surface area contributed by atoms with Crippen LogP contribution in [0, 0.1) is 6.92 Å². The van der Waals surface area contributed by atoms with Gasteiger partial charge < -0.3 is 9.30 Å². The van der Waals surface area contributed by atoms with Crippen LogP contribution in [0.25, 0.3) is 16.8 Å². The lowest BCUT2D eigenvalue weighted by Gasteiger charge is -2.13. The summed E-state index contributed by atoms with van der Waals surface area (Å²) in [6.07, 6.45) is -3.41. The van der Waals surface area contributed by atoms with Gasteiger partial charge in [-0.15, -0.1) is 0 Å². The van der Waals surface area contributed by atoms with Gasteiger partial charge in [0.25, 0.3) is 0 Å². The number of hydrogen-bond acceptors (Lipinski definition) is 2. The van der Waals surface area contributed by atoms with E-state index in [4.69, 9.17) is 0 Å². The summed E-state index contributed by atoms with van der Waals surface area (Å²) in [5, 5.41) is 0. The second kappa shape index (κ2) is 6.71. The zero-order valence-corrected chi connectivity index (χ0v) is 14.2. The third-order valence-electron chi connectivity index (χ3n) is 4.06. The van der Waals surface area contributed by atoms with Gasteiger partial charge >= 0.3 is 12.1 Å². The van der Waals surface area contributed by atoms with Crippen molar-refractivity contribution < 1.29 is 22.7 Å². The molecular weight excluding hydrogens is 343 g/mol. The average Bonchev–Trinajstić information content (AvgIpc) is 3.03. The molecule has 3 aromatic rings. The van der Waals surface area contributed by atoms with Gasteiger partial charge in [-0.05, 0) is 24.6 Å². The van der Waals surface area contributed by atoms with Crippen molar-refractivity contribution in [3.63, 3.8) is 0 Å². The third-order valence-corrected chi connectivity index (χ3v) is 4.06. The fourth-order valence-electron chi connectivity index (χ4n) is 2.84. The lowest BCUT2D eigenvalue weighted by atomic mass is 10.0. The van der Waals surface area contributed by atoms with E-state index in [-0.39, 0.29) is 5.56 Å². The number of aryl methyl sites for hydroxylation is 1. The lowest BCUT2D eigenvalue weighted by Crippen LogP contribution is -2.17. The maximum absolute atomic E-state index is 13.9. The van der Waals surface area contributed by atoms with Crippen LogP contribution >= 0.6 is 0 Å². The Bertz CT molecular complexity index is 926. The van der Waals surface area contributed by atoms with Gasteiger partial charge in [-0.1, -0.05) is 48.0 Å². The average molecular weight is 359 g/mol. The number of alkyl halides is 3. The van der Waals surface area contributed by atoms with Crippen molar-refractivity contribution in [3.05, 3.63) is 77.6 Å². The highest BCUT2D eigenvalue weighted by molar-refractivity contribution is 5.99. The van der Waals surface area contributed by atoms with Crippen LogP contribution in [0.4, 0.5) is 13.2 Å². The number of benzene rings is 2. The summed E-state index contributed by atoms with van der Waals surface area (Å²) in [6, 6.07) is 15.0. The predicted octanol–water partition coefficient (Wildman–Crippen LogP) is 5.26. The number of rotatable bonds is 3. The van der Waals surface area contributed by atoms with E-state index in [0.29, 0.717) is 11.3 Å².